The number of halogens is 2. The standard InChI is InChI=1S/C19H18ClFN2O4S/c1-28(26,27)16-4-2-15(3-5-16)23-7-6-17(19(23)25)18(24)22-11-12-8-13(20)10-14(21)9-12/h2-5,8-10,17H,6-7,11H2,1H3,(H,22,24). The van der Waals surface area contributed by atoms with Crippen molar-refractivity contribution in [1.82, 2.24) is 5.32 Å². The fourth-order valence-corrected chi connectivity index (χ4v) is 3.95. The fourth-order valence-electron chi connectivity index (χ4n) is 3.08. The van der Waals surface area contributed by atoms with Gasteiger partial charge in [-0.15, -0.1) is 0 Å². The Kier molecular flexibility index (Phi) is 5.71. The summed E-state index contributed by atoms with van der Waals surface area (Å²) in [7, 11) is -3.32. The largest absolute Gasteiger partial charge is 0.351 e. The fraction of sp³-hybridized carbons (Fsp3) is 0.263. The monoisotopic (exact) mass is 424 g/mol. The molecule has 2 amide bonds. The van der Waals surface area contributed by atoms with Crippen molar-refractivity contribution in [2.75, 3.05) is 17.7 Å². The molecule has 2 aromatic carbocycles. The second-order valence-electron chi connectivity index (χ2n) is 6.59. The lowest BCUT2D eigenvalue weighted by molar-refractivity contribution is -0.132. The number of nitrogens with zero attached hydrogens (tertiary/aromatic N) is 1. The Morgan fingerprint density at radius 3 is 2.54 bits per heavy atom. The lowest BCUT2D eigenvalue weighted by atomic mass is 10.1. The number of carbonyl (C=O) groups is 2. The average molecular weight is 425 g/mol. The molecule has 28 heavy (non-hydrogen) atoms. The Labute approximate surface area is 167 Å². The van der Waals surface area contributed by atoms with Gasteiger partial charge in [-0.2, -0.15) is 0 Å². The van der Waals surface area contributed by atoms with Gasteiger partial charge in [0.2, 0.25) is 11.8 Å². The van der Waals surface area contributed by atoms with Gasteiger partial charge in [0.1, 0.15) is 11.7 Å². The van der Waals surface area contributed by atoms with Crippen molar-refractivity contribution >= 4 is 38.9 Å². The van der Waals surface area contributed by atoms with Crippen LogP contribution < -0.4 is 10.2 Å². The van der Waals surface area contributed by atoms with Crippen molar-refractivity contribution in [1.29, 1.82) is 0 Å². The first-order valence-electron chi connectivity index (χ1n) is 8.49. The van der Waals surface area contributed by atoms with Crippen LogP contribution in [0, 0.1) is 11.7 Å². The summed E-state index contributed by atoms with van der Waals surface area (Å²) in [5, 5.41) is 2.86. The van der Waals surface area contributed by atoms with Gasteiger partial charge in [0.25, 0.3) is 0 Å². The number of carbonyl (C=O) groups excluding carboxylic acids is 2. The molecule has 1 atom stereocenters. The number of anilines is 1. The summed E-state index contributed by atoms with van der Waals surface area (Å²) in [6.07, 6.45) is 1.44. The summed E-state index contributed by atoms with van der Waals surface area (Å²) >= 11 is 5.79. The minimum atomic E-state index is -3.32. The molecule has 6 nitrogen and oxygen atoms in total. The van der Waals surface area contributed by atoms with E-state index in [9.17, 15) is 22.4 Å². The summed E-state index contributed by atoms with van der Waals surface area (Å²) in [5.74, 6) is -2.15. The van der Waals surface area contributed by atoms with Gasteiger partial charge in [0.05, 0.1) is 4.90 Å². The molecule has 9 heteroatoms. The van der Waals surface area contributed by atoms with E-state index in [4.69, 9.17) is 11.6 Å². The molecule has 1 fully saturated rings. The van der Waals surface area contributed by atoms with Gasteiger partial charge in [-0.1, -0.05) is 11.6 Å². The van der Waals surface area contributed by atoms with E-state index in [2.05, 4.69) is 5.32 Å². The summed E-state index contributed by atoms with van der Waals surface area (Å²) in [5.41, 5.74) is 1.03. The van der Waals surface area contributed by atoms with E-state index in [0.29, 0.717) is 24.2 Å². The first-order chi connectivity index (χ1) is 13.1. The lowest BCUT2D eigenvalue weighted by Crippen LogP contribution is -2.36. The van der Waals surface area contributed by atoms with E-state index in [0.717, 1.165) is 6.26 Å². The van der Waals surface area contributed by atoms with Crippen LogP contribution in [0.4, 0.5) is 10.1 Å². The quantitative estimate of drug-likeness (QED) is 0.748. The molecule has 1 N–H and O–H groups in total. The van der Waals surface area contributed by atoms with Crippen LogP contribution in [0.15, 0.2) is 47.4 Å². The Bertz CT molecular complexity index is 1000. The van der Waals surface area contributed by atoms with Crippen molar-refractivity contribution in [2.24, 2.45) is 5.92 Å². The predicted octanol–water partition coefficient (Wildman–Crippen LogP) is 2.55. The molecular formula is C19H18ClFN2O4S. The van der Waals surface area contributed by atoms with Crippen LogP contribution in [0.1, 0.15) is 12.0 Å². The maximum atomic E-state index is 13.4. The molecule has 0 bridgehead atoms. The smallest absolute Gasteiger partial charge is 0.239 e. The molecule has 1 saturated heterocycles. The van der Waals surface area contributed by atoms with Crippen LogP contribution in [0.25, 0.3) is 0 Å². The third kappa shape index (κ3) is 4.51. The molecule has 148 valence electrons. The van der Waals surface area contributed by atoms with Gasteiger partial charge < -0.3 is 10.2 Å². The third-order valence-electron chi connectivity index (χ3n) is 4.49. The highest BCUT2D eigenvalue weighted by Crippen LogP contribution is 2.26. The third-order valence-corrected chi connectivity index (χ3v) is 5.83. The van der Waals surface area contributed by atoms with Crippen molar-refractivity contribution in [3.05, 3.63) is 58.9 Å². The first-order valence-corrected chi connectivity index (χ1v) is 10.8. The van der Waals surface area contributed by atoms with Crippen LogP contribution in [0.3, 0.4) is 0 Å². The highest BCUT2D eigenvalue weighted by Gasteiger charge is 2.37. The van der Waals surface area contributed by atoms with Gasteiger partial charge in [0, 0.05) is 30.1 Å². The molecular weight excluding hydrogens is 407 g/mol. The Hall–Kier alpha value is -2.45. The molecule has 0 aliphatic carbocycles. The van der Waals surface area contributed by atoms with E-state index in [1.54, 1.807) is 12.1 Å². The number of nitrogens with one attached hydrogen (secondary N) is 1. The van der Waals surface area contributed by atoms with Crippen LogP contribution in [-0.2, 0) is 26.0 Å². The van der Waals surface area contributed by atoms with Gasteiger partial charge in [-0.3, -0.25) is 9.59 Å². The molecule has 3 rings (SSSR count). The molecule has 0 radical (unpaired) electrons. The number of sulfone groups is 1. The molecule has 2 aromatic rings. The van der Waals surface area contributed by atoms with Crippen molar-refractivity contribution in [2.45, 2.75) is 17.9 Å². The topological polar surface area (TPSA) is 83.6 Å². The summed E-state index contributed by atoms with van der Waals surface area (Å²) in [4.78, 5) is 26.6. The van der Waals surface area contributed by atoms with E-state index in [1.807, 2.05) is 0 Å². The molecule has 0 saturated carbocycles. The molecule has 1 aliphatic heterocycles. The van der Waals surface area contributed by atoms with E-state index >= 15 is 0 Å². The average Bonchev–Trinajstić information content (AvgIpc) is 3.00. The summed E-state index contributed by atoms with van der Waals surface area (Å²) < 4.78 is 36.4. The van der Waals surface area contributed by atoms with Crippen molar-refractivity contribution in [3.63, 3.8) is 0 Å². The van der Waals surface area contributed by atoms with Gasteiger partial charge in [0.15, 0.2) is 9.84 Å². The maximum Gasteiger partial charge on any atom is 0.239 e. The van der Waals surface area contributed by atoms with Crippen LogP contribution >= 0.6 is 11.6 Å². The number of hydrogen-bond donors (Lipinski definition) is 1. The van der Waals surface area contributed by atoms with Crippen LogP contribution in [-0.4, -0.2) is 33.0 Å². The van der Waals surface area contributed by atoms with Crippen molar-refractivity contribution in [3.8, 4) is 0 Å². The predicted molar refractivity (Wildman–Crippen MR) is 103 cm³/mol. The van der Waals surface area contributed by atoms with Gasteiger partial charge in [-0.05, 0) is 54.4 Å². The van der Waals surface area contributed by atoms with E-state index < -0.39 is 27.5 Å². The SMILES string of the molecule is CS(=O)(=O)c1ccc(N2CCC(C(=O)NCc3cc(F)cc(Cl)c3)C2=O)cc1. The zero-order chi connectivity index (χ0) is 20.5. The lowest BCUT2D eigenvalue weighted by Gasteiger charge is -2.17. The zero-order valence-electron chi connectivity index (χ0n) is 15.0. The molecule has 1 heterocycles. The first kappa shape index (κ1) is 20.3. The summed E-state index contributed by atoms with van der Waals surface area (Å²) in [6, 6.07) is 9.92. The van der Waals surface area contributed by atoms with E-state index in [-0.39, 0.29) is 22.4 Å². The Morgan fingerprint density at radius 2 is 1.93 bits per heavy atom. The Balaban J connectivity index is 1.65. The number of rotatable bonds is 5. The second kappa shape index (κ2) is 7.89. The van der Waals surface area contributed by atoms with Crippen LogP contribution in [0.5, 0.6) is 0 Å². The highest BCUT2D eigenvalue weighted by atomic mass is 35.5. The molecule has 1 aliphatic rings. The normalized spacial score (nSPS) is 17.0. The molecule has 0 spiro atoms. The van der Waals surface area contributed by atoms with Gasteiger partial charge in [-0.25, -0.2) is 12.8 Å². The maximum absolute atomic E-state index is 13.4. The minimum Gasteiger partial charge on any atom is -0.351 e. The molecule has 0 aromatic heterocycles. The minimum absolute atomic E-state index is 0.0587. The highest BCUT2D eigenvalue weighted by molar-refractivity contribution is 7.90. The number of benzene rings is 2. The van der Waals surface area contributed by atoms with Gasteiger partial charge >= 0.3 is 0 Å². The molecule has 1 unspecified atom stereocenters. The number of amides is 2. The number of hydrogen-bond acceptors (Lipinski definition) is 4. The summed E-state index contributed by atoms with van der Waals surface area (Å²) in [6.45, 7) is 0.407. The van der Waals surface area contributed by atoms with Crippen molar-refractivity contribution < 1.29 is 22.4 Å². The zero-order valence-corrected chi connectivity index (χ0v) is 16.6. The van der Waals surface area contributed by atoms with Crippen LogP contribution in [0.2, 0.25) is 5.02 Å². The Morgan fingerprint density at radius 1 is 1.25 bits per heavy atom. The van der Waals surface area contributed by atoms with E-state index in [1.165, 1.54) is 35.2 Å². The second-order valence-corrected chi connectivity index (χ2v) is 9.04.